The number of aromatic nitrogens is 5. The lowest BCUT2D eigenvalue weighted by Crippen LogP contribution is -2.53. The van der Waals surface area contributed by atoms with Crippen LogP contribution in [0, 0.1) is 0 Å². The molecule has 3 atom stereocenters. The van der Waals surface area contributed by atoms with Gasteiger partial charge in [-0.15, -0.1) is 0 Å². The highest BCUT2D eigenvalue weighted by atomic mass is 16.4. The molecule has 4 heterocycles. The number of piperazine rings is 1. The summed E-state index contributed by atoms with van der Waals surface area (Å²) in [5.41, 5.74) is 16.6. The molecule has 0 spiro atoms. The first-order valence-electron chi connectivity index (χ1n) is 16.2. The highest BCUT2D eigenvalue weighted by Gasteiger charge is 2.29. The van der Waals surface area contributed by atoms with Gasteiger partial charge in [-0.05, 0) is 29.8 Å². The molecule has 2 aromatic carbocycles. The van der Waals surface area contributed by atoms with E-state index < -0.39 is 35.9 Å². The fraction of sp³-hybridized carbons (Fsp3) is 0.294. The maximum Gasteiger partial charge on any atom is 0.326 e. The highest BCUT2D eigenvalue weighted by Crippen LogP contribution is 2.29. The first-order valence-corrected chi connectivity index (χ1v) is 16.2. The number of carbonyl (C=O) groups is 4. The van der Waals surface area contributed by atoms with Gasteiger partial charge >= 0.3 is 5.97 Å². The number of fused-ring (bicyclic) bond motifs is 1. The molecule has 1 aliphatic heterocycles. The molecule has 1 fully saturated rings. The maximum atomic E-state index is 13.5. The number of benzene rings is 2. The number of anilines is 2. The van der Waals surface area contributed by atoms with Crippen LogP contribution in [0.4, 0.5) is 11.4 Å². The number of carbonyl (C=O) groups excluding carboxylic acids is 3. The van der Waals surface area contributed by atoms with Gasteiger partial charge in [-0.2, -0.15) is 0 Å². The summed E-state index contributed by atoms with van der Waals surface area (Å²) in [7, 11) is 0. The number of aliphatic carboxylic acids is 1. The number of amides is 3. The summed E-state index contributed by atoms with van der Waals surface area (Å²) in [5, 5.41) is 16.4. The van der Waals surface area contributed by atoms with E-state index in [0.717, 1.165) is 22.2 Å². The third-order valence-electron chi connectivity index (χ3n) is 8.79. The normalized spacial score (nSPS) is 15.0. The summed E-state index contributed by atoms with van der Waals surface area (Å²) in [4.78, 5) is 72.8. The largest absolute Gasteiger partial charge is 0.480 e. The standard InChI is InChI=1S/C34H39N11O5/c35-25(13-22-16-37-18-40-22)32(47)42-28-11-20(31(46)43-29(34(49)50)12-21-15-39-27-4-2-1-3-24(21)27)5-6-30(28)44-7-9-45(10-8-44)33(48)26(36)14-23-17-38-19-41-23/h1-6,11,15-19,25-26,29,39H,7-10,12-14,35-36H2,(H,37,40)(H,38,41)(H,42,47)(H,43,46)(H,49,50)/t25-,26-,29-/m0/s1. The molecule has 16 heteroatoms. The van der Waals surface area contributed by atoms with Crippen molar-refractivity contribution < 1.29 is 24.3 Å². The van der Waals surface area contributed by atoms with Crippen molar-refractivity contribution in [3.05, 3.63) is 96.2 Å². The Labute approximate surface area is 286 Å². The minimum absolute atomic E-state index is 0.0593. The maximum absolute atomic E-state index is 13.5. The Morgan fingerprint density at radius 3 is 2.20 bits per heavy atom. The molecule has 260 valence electrons. The molecule has 0 radical (unpaired) electrons. The lowest BCUT2D eigenvalue weighted by Gasteiger charge is -2.38. The Morgan fingerprint density at radius 1 is 0.860 bits per heavy atom. The van der Waals surface area contributed by atoms with Crippen LogP contribution >= 0.6 is 0 Å². The number of carboxylic acids is 1. The van der Waals surface area contributed by atoms with Crippen LogP contribution in [0.25, 0.3) is 10.9 Å². The van der Waals surface area contributed by atoms with Gasteiger partial charge in [0.05, 0.1) is 36.1 Å². The van der Waals surface area contributed by atoms with Crippen molar-refractivity contribution in [3.8, 4) is 0 Å². The molecule has 0 unspecified atom stereocenters. The van der Waals surface area contributed by atoms with Gasteiger partial charge in [-0.1, -0.05) is 18.2 Å². The smallest absolute Gasteiger partial charge is 0.326 e. The van der Waals surface area contributed by atoms with Crippen molar-refractivity contribution in [2.24, 2.45) is 11.5 Å². The number of nitrogens with one attached hydrogen (secondary N) is 5. The van der Waals surface area contributed by atoms with Gasteiger partial charge in [-0.25, -0.2) is 14.8 Å². The number of aromatic amines is 3. The molecule has 0 bridgehead atoms. The first kappa shape index (κ1) is 33.9. The molecule has 16 nitrogen and oxygen atoms in total. The van der Waals surface area contributed by atoms with E-state index in [1.54, 1.807) is 35.6 Å². The quantitative estimate of drug-likeness (QED) is 0.0867. The molecule has 1 saturated heterocycles. The Hall–Kier alpha value is -6.00. The fourth-order valence-corrected chi connectivity index (χ4v) is 6.09. The number of carboxylic acid groups (broad SMARTS) is 1. The van der Waals surface area contributed by atoms with Crippen LogP contribution in [0.5, 0.6) is 0 Å². The zero-order chi connectivity index (χ0) is 35.2. The van der Waals surface area contributed by atoms with E-state index in [-0.39, 0.29) is 24.3 Å². The molecule has 0 aliphatic carbocycles. The molecule has 1 aliphatic rings. The second-order valence-corrected chi connectivity index (χ2v) is 12.2. The molecule has 0 saturated carbocycles. The lowest BCUT2D eigenvalue weighted by atomic mass is 10.0. The van der Waals surface area contributed by atoms with E-state index in [9.17, 15) is 24.3 Å². The van der Waals surface area contributed by atoms with Gasteiger partial charge in [0.1, 0.15) is 6.04 Å². The minimum atomic E-state index is -1.22. The van der Waals surface area contributed by atoms with Crippen molar-refractivity contribution in [2.75, 3.05) is 36.4 Å². The molecule has 3 aromatic heterocycles. The van der Waals surface area contributed by atoms with E-state index in [1.807, 2.05) is 29.2 Å². The number of hydrogen-bond donors (Lipinski definition) is 8. The minimum Gasteiger partial charge on any atom is -0.480 e. The van der Waals surface area contributed by atoms with Crippen LogP contribution in [0.2, 0.25) is 0 Å². The van der Waals surface area contributed by atoms with E-state index in [2.05, 4.69) is 35.6 Å². The molecule has 3 amide bonds. The third-order valence-corrected chi connectivity index (χ3v) is 8.79. The van der Waals surface area contributed by atoms with Crippen molar-refractivity contribution in [3.63, 3.8) is 0 Å². The van der Waals surface area contributed by atoms with Gasteiger partial charge in [0.2, 0.25) is 11.8 Å². The summed E-state index contributed by atoms with van der Waals surface area (Å²) in [6, 6.07) is 9.43. The van der Waals surface area contributed by atoms with Crippen LogP contribution in [0.15, 0.2) is 73.7 Å². The van der Waals surface area contributed by atoms with Crippen LogP contribution in [0.3, 0.4) is 0 Å². The van der Waals surface area contributed by atoms with Crippen molar-refractivity contribution in [2.45, 2.75) is 37.4 Å². The molecule has 5 aromatic rings. The fourth-order valence-electron chi connectivity index (χ4n) is 6.09. The van der Waals surface area contributed by atoms with E-state index in [1.165, 1.54) is 18.7 Å². The average molecular weight is 682 g/mol. The monoisotopic (exact) mass is 681 g/mol. The topological polar surface area (TPSA) is 244 Å². The van der Waals surface area contributed by atoms with Gasteiger partial charge < -0.3 is 52.0 Å². The number of hydrogen-bond acceptors (Lipinski definition) is 9. The zero-order valence-corrected chi connectivity index (χ0v) is 27.1. The Kier molecular flexibility index (Phi) is 10.2. The van der Waals surface area contributed by atoms with Gasteiger partial charge in [-0.3, -0.25) is 14.4 Å². The number of nitrogens with zero attached hydrogens (tertiary/aromatic N) is 4. The first-order chi connectivity index (χ1) is 24.2. The van der Waals surface area contributed by atoms with Gasteiger partial charge in [0, 0.05) is 91.9 Å². The molecule has 10 N–H and O–H groups in total. The summed E-state index contributed by atoms with van der Waals surface area (Å²) in [6.07, 6.45) is 8.59. The second-order valence-electron chi connectivity index (χ2n) is 12.2. The number of imidazole rings is 2. The summed E-state index contributed by atoms with van der Waals surface area (Å²) in [6.45, 7) is 1.64. The van der Waals surface area contributed by atoms with E-state index in [4.69, 9.17) is 11.5 Å². The van der Waals surface area contributed by atoms with Crippen LogP contribution < -0.4 is 27.0 Å². The highest BCUT2D eigenvalue weighted by molar-refractivity contribution is 6.02. The van der Waals surface area contributed by atoms with Crippen molar-refractivity contribution in [1.82, 2.24) is 35.1 Å². The lowest BCUT2D eigenvalue weighted by molar-refractivity contribution is -0.139. The number of H-pyrrole nitrogens is 3. The summed E-state index contributed by atoms with van der Waals surface area (Å²) in [5.74, 6) is -2.47. The molecule has 6 rings (SSSR count). The van der Waals surface area contributed by atoms with Gasteiger partial charge in [0.25, 0.3) is 5.91 Å². The summed E-state index contributed by atoms with van der Waals surface area (Å²) < 4.78 is 0. The Balaban J connectivity index is 1.18. The average Bonchev–Trinajstić information content (AvgIpc) is 3.91. The third kappa shape index (κ3) is 7.82. The number of rotatable bonds is 13. The predicted octanol–water partition coefficient (Wildman–Crippen LogP) is 0.767. The van der Waals surface area contributed by atoms with E-state index >= 15 is 0 Å². The van der Waals surface area contributed by atoms with Crippen LogP contribution in [0.1, 0.15) is 27.3 Å². The molecule has 50 heavy (non-hydrogen) atoms. The summed E-state index contributed by atoms with van der Waals surface area (Å²) >= 11 is 0. The molecular weight excluding hydrogens is 642 g/mol. The predicted molar refractivity (Wildman–Crippen MR) is 185 cm³/mol. The zero-order valence-electron chi connectivity index (χ0n) is 27.1. The van der Waals surface area contributed by atoms with Gasteiger partial charge in [0.15, 0.2) is 0 Å². The van der Waals surface area contributed by atoms with E-state index in [0.29, 0.717) is 49.7 Å². The van der Waals surface area contributed by atoms with Crippen molar-refractivity contribution >= 4 is 46.0 Å². The Morgan fingerprint density at radius 2 is 1.54 bits per heavy atom. The second kappa shape index (κ2) is 15.0. The van der Waals surface area contributed by atoms with Crippen molar-refractivity contribution in [1.29, 1.82) is 0 Å². The van der Waals surface area contributed by atoms with Crippen LogP contribution in [-0.2, 0) is 33.6 Å². The van der Waals surface area contributed by atoms with Crippen LogP contribution in [-0.4, -0.2) is 103 Å². The molecular formula is C34H39N11O5. The SMILES string of the molecule is N[C@@H](Cc1cnc[nH]1)C(=O)Nc1cc(C(=O)N[C@@H](Cc2c[nH]c3ccccc23)C(=O)O)ccc1N1CCN(C(=O)[C@@H](N)Cc2cnc[nH]2)CC1. The number of nitrogens with two attached hydrogens (primary N) is 2. The number of para-hydroxylation sites is 1. The Bertz CT molecular complexity index is 1950.